The molecule has 0 aromatic rings. The zero-order chi connectivity index (χ0) is 12.2. The van der Waals surface area contributed by atoms with Crippen molar-refractivity contribution in [3.8, 4) is 0 Å². The molecule has 0 aromatic carbocycles. The molecule has 1 aliphatic rings. The van der Waals surface area contributed by atoms with Gasteiger partial charge in [-0.2, -0.15) is 0 Å². The van der Waals surface area contributed by atoms with Gasteiger partial charge >= 0.3 is 0 Å². The third-order valence-corrected chi connectivity index (χ3v) is 4.82. The molecule has 1 N–H and O–H groups in total. The van der Waals surface area contributed by atoms with Crippen molar-refractivity contribution in [3.63, 3.8) is 0 Å². The largest absolute Gasteiger partial charge is 0.389 e. The summed E-state index contributed by atoms with van der Waals surface area (Å²) in [6, 6.07) is 0. The highest BCUT2D eigenvalue weighted by Crippen LogP contribution is 2.19. The van der Waals surface area contributed by atoms with Crippen molar-refractivity contribution < 1.29 is 13.5 Å². The summed E-state index contributed by atoms with van der Waals surface area (Å²) in [6.45, 7) is 5.74. The molecule has 5 heteroatoms. The standard InChI is InChI=1S/C11H23NO3S/c1-3-8-16(14,15)9-7-12-6-4-5-11(2,13)10-12/h13H,3-10H2,1-2H3. The topological polar surface area (TPSA) is 57.6 Å². The molecule has 1 heterocycles. The maximum absolute atomic E-state index is 11.5. The Bertz CT molecular complexity index is 311. The minimum Gasteiger partial charge on any atom is -0.389 e. The predicted molar refractivity (Wildman–Crippen MR) is 65.2 cm³/mol. The maximum Gasteiger partial charge on any atom is 0.151 e. The van der Waals surface area contributed by atoms with Gasteiger partial charge in [0.25, 0.3) is 0 Å². The summed E-state index contributed by atoms with van der Waals surface area (Å²) in [7, 11) is -2.89. The van der Waals surface area contributed by atoms with E-state index in [1.807, 2.05) is 13.8 Å². The first-order valence-electron chi connectivity index (χ1n) is 6.00. The number of sulfone groups is 1. The Morgan fingerprint density at radius 1 is 1.38 bits per heavy atom. The van der Waals surface area contributed by atoms with Crippen LogP contribution >= 0.6 is 0 Å². The van der Waals surface area contributed by atoms with Gasteiger partial charge in [0, 0.05) is 18.8 Å². The fourth-order valence-electron chi connectivity index (χ4n) is 2.20. The van der Waals surface area contributed by atoms with E-state index in [1.54, 1.807) is 0 Å². The van der Waals surface area contributed by atoms with E-state index in [-0.39, 0.29) is 11.5 Å². The van der Waals surface area contributed by atoms with E-state index in [0.717, 1.165) is 19.4 Å². The quantitative estimate of drug-likeness (QED) is 0.777. The van der Waals surface area contributed by atoms with E-state index < -0.39 is 15.4 Å². The summed E-state index contributed by atoms with van der Waals surface area (Å²) >= 11 is 0. The molecule has 0 aliphatic carbocycles. The van der Waals surface area contributed by atoms with Crippen molar-refractivity contribution >= 4 is 9.84 Å². The van der Waals surface area contributed by atoms with Crippen molar-refractivity contribution in [3.05, 3.63) is 0 Å². The van der Waals surface area contributed by atoms with Gasteiger partial charge in [0.15, 0.2) is 9.84 Å². The number of hydrogen-bond acceptors (Lipinski definition) is 4. The molecule has 16 heavy (non-hydrogen) atoms. The maximum atomic E-state index is 11.5. The Kier molecular flexibility index (Phi) is 4.76. The van der Waals surface area contributed by atoms with Crippen LogP contribution in [0.5, 0.6) is 0 Å². The van der Waals surface area contributed by atoms with Gasteiger partial charge in [-0.3, -0.25) is 4.90 Å². The fraction of sp³-hybridized carbons (Fsp3) is 1.00. The molecule has 0 spiro atoms. The first-order valence-corrected chi connectivity index (χ1v) is 7.82. The number of nitrogens with zero attached hydrogens (tertiary/aromatic N) is 1. The third kappa shape index (κ3) is 4.80. The minimum absolute atomic E-state index is 0.219. The highest BCUT2D eigenvalue weighted by atomic mass is 32.2. The van der Waals surface area contributed by atoms with Gasteiger partial charge < -0.3 is 5.11 Å². The van der Waals surface area contributed by atoms with Gasteiger partial charge in [-0.05, 0) is 32.7 Å². The molecular formula is C11H23NO3S. The van der Waals surface area contributed by atoms with Crippen LogP contribution in [0.3, 0.4) is 0 Å². The van der Waals surface area contributed by atoms with Gasteiger partial charge in [0.2, 0.25) is 0 Å². The molecule has 1 aliphatic heterocycles. The van der Waals surface area contributed by atoms with Crippen molar-refractivity contribution in [2.24, 2.45) is 0 Å². The van der Waals surface area contributed by atoms with Crippen LogP contribution in [-0.2, 0) is 9.84 Å². The number of aliphatic hydroxyl groups is 1. The lowest BCUT2D eigenvalue weighted by Crippen LogP contribution is -2.47. The Morgan fingerprint density at radius 3 is 2.62 bits per heavy atom. The lowest BCUT2D eigenvalue weighted by Gasteiger charge is -2.36. The smallest absolute Gasteiger partial charge is 0.151 e. The lowest BCUT2D eigenvalue weighted by molar-refractivity contribution is -0.0134. The van der Waals surface area contributed by atoms with Crippen molar-refractivity contribution in [2.45, 2.75) is 38.7 Å². The first kappa shape index (κ1) is 13.9. The molecule has 1 unspecified atom stereocenters. The van der Waals surface area contributed by atoms with Crippen LogP contribution in [0.25, 0.3) is 0 Å². The number of piperidine rings is 1. The van der Waals surface area contributed by atoms with Crippen LogP contribution in [0.1, 0.15) is 33.1 Å². The molecule has 4 nitrogen and oxygen atoms in total. The SMILES string of the molecule is CCCS(=O)(=O)CCN1CCCC(C)(O)C1. The predicted octanol–water partition coefficient (Wildman–Crippen LogP) is 0.658. The van der Waals surface area contributed by atoms with Crippen molar-refractivity contribution in [1.82, 2.24) is 4.90 Å². The van der Waals surface area contributed by atoms with Crippen LogP contribution in [0.15, 0.2) is 0 Å². The zero-order valence-electron chi connectivity index (χ0n) is 10.3. The van der Waals surface area contributed by atoms with Crippen molar-refractivity contribution in [1.29, 1.82) is 0 Å². The summed E-state index contributed by atoms with van der Waals surface area (Å²) in [6.07, 6.45) is 2.44. The van der Waals surface area contributed by atoms with Crippen LogP contribution in [0.2, 0.25) is 0 Å². The average molecular weight is 249 g/mol. The summed E-state index contributed by atoms with van der Waals surface area (Å²) in [5, 5.41) is 9.89. The Hall–Kier alpha value is -0.130. The van der Waals surface area contributed by atoms with Gasteiger partial charge in [0.05, 0.1) is 11.4 Å². The van der Waals surface area contributed by atoms with Gasteiger partial charge in [-0.1, -0.05) is 6.92 Å². The van der Waals surface area contributed by atoms with Crippen LogP contribution in [0, 0.1) is 0 Å². The molecule has 0 amide bonds. The number of likely N-dealkylation sites (tertiary alicyclic amines) is 1. The molecule has 0 aromatic heterocycles. The average Bonchev–Trinajstić information content (AvgIpc) is 2.13. The summed E-state index contributed by atoms with van der Waals surface area (Å²) < 4.78 is 23.1. The van der Waals surface area contributed by atoms with Crippen LogP contribution in [0.4, 0.5) is 0 Å². The first-order chi connectivity index (χ1) is 7.35. The van der Waals surface area contributed by atoms with Crippen LogP contribution in [-0.4, -0.2) is 55.2 Å². The molecule has 0 radical (unpaired) electrons. The highest BCUT2D eigenvalue weighted by Gasteiger charge is 2.28. The van der Waals surface area contributed by atoms with E-state index in [0.29, 0.717) is 19.5 Å². The number of hydrogen-bond donors (Lipinski definition) is 1. The molecule has 1 atom stereocenters. The van der Waals surface area contributed by atoms with Crippen LogP contribution < -0.4 is 0 Å². The van der Waals surface area contributed by atoms with Gasteiger partial charge in [-0.25, -0.2) is 8.42 Å². The monoisotopic (exact) mass is 249 g/mol. The second-order valence-corrected chi connectivity index (χ2v) is 7.33. The molecule has 96 valence electrons. The lowest BCUT2D eigenvalue weighted by atomic mass is 9.95. The third-order valence-electron chi connectivity index (χ3n) is 2.99. The molecule has 0 saturated carbocycles. The molecule has 1 rings (SSSR count). The van der Waals surface area contributed by atoms with E-state index >= 15 is 0 Å². The Labute approximate surface area is 98.6 Å². The number of β-amino-alcohol motifs (C(OH)–C–C–N with tert-alkyl or cyclic N) is 1. The van der Waals surface area contributed by atoms with Gasteiger partial charge in [-0.15, -0.1) is 0 Å². The zero-order valence-corrected chi connectivity index (χ0v) is 11.1. The minimum atomic E-state index is -2.89. The second kappa shape index (κ2) is 5.47. The van der Waals surface area contributed by atoms with E-state index in [4.69, 9.17) is 0 Å². The second-order valence-electron chi connectivity index (χ2n) is 5.03. The fourth-order valence-corrected chi connectivity index (χ4v) is 3.56. The highest BCUT2D eigenvalue weighted by molar-refractivity contribution is 7.91. The molecular weight excluding hydrogens is 226 g/mol. The summed E-state index contributed by atoms with van der Waals surface area (Å²) in [5.41, 5.74) is -0.646. The Balaban J connectivity index is 2.38. The molecule has 1 saturated heterocycles. The van der Waals surface area contributed by atoms with E-state index in [9.17, 15) is 13.5 Å². The summed E-state index contributed by atoms with van der Waals surface area (Å²) in [4.78, 5) is 2.05. The van der Waals surface area contributed by atoms with E-state index in [1.165, 1.54) is 0 Å². The van der Waals surface area contributed by atoms with E-state index in [2.05, 4.69) is 4.90 Å². The number of rotatable bonds is 5. The van der Waals surface area contributed by atoms with Gasteiger partial charge in [0.1, 0.15) is 0 Å². The summed E-state index contributed by atoms with van der Waals surface area (Å²) in [5.74, 6) is 0.494. The normalized spacial score (nSPS) is 28.2. The molecule has 1 fully saturated rings. The Morgan fingerprint density at radius 2 is 2.06 bits per heavy atom. The molecule has 0 bridgehead atoms. The van der Waals surface area contributed by atoms with Crippen molar-refractivity contribution in [2.75, 3.05) is 31.1 Å².